The second-order valence-electron chi connectivity index (χ2n) is 6.74. The average Bonchev–Trinajstić information content (AvgIpc) is 2.95. The summed E-state index contributed by atoms with van der Waals surface area (Å²) in [4.78, 5) is 15.3. The fourth-order valence-corrected chi connectivity index (χ4v) is 3.72. The third-order valence-electron chi connectivity index (χ3n) is 5.04. The summed E-state index contributed by atoms with van der Waals surface area (Å²) < 4.78 is 0. The highest BCUT2D eigenvalue weighted by molar-refractivity contribution is 6.11. The molecule has 0 fully saturated rings. The molecule has 2 N–H and O–H groups in total. The molecule has 4 heteroatoms. The minimum atomic E-state index is -0.935. The van der Waals surface area contributed by atoms with Crippen LogP contribution >= 0.6 is 0 Å². The van der Waals surface area contributed by atoms with Gasteiger partial charge in [-0.15, -0.1) is 0 Å². The van der Waals surface area contributed by atoms with Crippen molar-refractivity contribution < 1.29 is 9.90 Å². The number of rotatable bonds is 3. The number of benzene rings is 3. The topological polar surface area (TPSA) is 52.6 Å². The zero-order valence-corrected chi connectivity index (χ0v) is 14.7. The van der Waals surface area contributed by atoms with Gasteiger partial charge in [-0.05, 0) is 41.5 Å². The van der Waals surface area contributed by atoms with Crippen LogP contribution in [0.5, 0.6) is 5.75 Å². The Bertz CT molecular complexity index is 962. The Kier molecular flexibility index (Phi) is 3.69. The summed E-state index contributed by atoms with van der Waals surface area (Å²) >= 11 is 0. The van der Waals surface area contributed by atoms with E-state index in [9.17, 15) is 9.90 Å². The molecule has 1 aliphatic rings. The van der Waals surface area contributed by atoms with E-state index in [4.69, 9.17) is 0 Å². The second-order valence-corrected chi connectivity index (χ2v) is 6.74. The lowest BCUT2D eigenvalue weighted by molar-refractivity contribution is -0.118. The van der Waals surface area contributed by atoms with E-state index in [1.54, 1.807) is 12.1 Å². The van der Waals surface area contributed by atoms with E-state index in [0.717, 1.165) is 28.1 Å². The van der Waals surface area contributed by atoms with Gasteiger partial charge in [0.05, 0.1) is 0 Å². The number of nitrogens with zero attached hydrogens (tertiary/aromatic N) is 1. The lowest BCUT2D eigenvalue weighted by Crippen LogP contribution is -2.37. The number of anilines is 2. The molecule has 1 aliphatic heterocycles. The number of aromatic hydroxyl groups is 1. The summed E-state index contributed by atoms with van der Waals surface area (Å²) in [6.45, 7) is 0. The first kappa shape index (κ1) is 16.2. The van der Waals surface area contributed by atoms with Gasteiger partial charge in [0.2, 0.25) is 5.91 Å². The zero-order valence-electron chi connectivity index (χ0n) is 14.7. The predicted octanol–water partition coefficient (Wildman–Crippen LogP) is 3.74. The number of fused-ring (bicyclic) bond motifs is 1. The summed E-state index contributed by atoms with van der Waals surface area (Å²) in [6.07, 6.45) is 0. The van der Waals surface area contributed by atoms with Crippen molar-refractivity contribution in [3.63, 3.8) is 0 Å². The lowest BCUT2D eigenvalue weighted by atomic mass is 9.70. The fraction of sp³-hybridized carbons (Fsp3) is 0.136. The molecule has 4 rings (SSSR count). The van der Waals surface area contributed by atoms with Crippen LogP contribution in [0.2, 0.25) is 0 Å². The minimum Gasteiger partial charge on any atom is -0.508 e. The van der Waals surface area contributed by atoms with Crippen LogP contribution in [0.15, 0.2) is 72.8 Å². The molecule has 1 unspecified atom stereocenters. The standard InChI is InChI=1S/C22H20N2O2/c1-24(2)17-11-7-15(8-12-17)22(16-9-13-18(25)14-10-16)19-5-3-4-6-20(19)23-21(22)26/h3-14,25H,1-2H3,(H,23,26). The Morgan fingerprint density at radius 1 is 0.846 bits per heavy atom. The van der Waals surface area contributed by atoms with Crippen LogP contribution in [0.1, 0.15) is 16.7 Å². The highest BCUT2D eigenvalue weighted by Gasteiger charge is 2.49. The van der Waals surface area contributed by atoms with Crippen LogP contribution in [-0.2, 0) is 10.2 Å². The summed E-state index contributed by atoms with van der Waals surface area (Å²) in [7, 11) is 3.98. The first-order valence-corrected chi connectivity index (χ1v) is 8.52. The van der Waals surface area contributed by atoms with Crippen molar-refractivity contribution in [2.45, 2.75) is 5.41 Å². The fourth-order valence-electron chi connectivity index (χ4n) is 3.72. The number of phenolic OH excluding ortho intramolecular Hbond substituents is 1. The average molecular weight is 344 g/mol. The number of nitrogens with one attached hydrogen (secondary N) is 1. The van der Waals surface area contributed by atoms with Gasteiger partial charge in [-0.2, -0.15) is 0 Å². The molecule has 130 valence electrons. The van der Waals surface area contributed by atoms with Crippen LogP contribution in [0.25, 0.3) is 0 Å². The SMILES string of the molecule is CN(C)c1ccc(C2(c3ccc(O)cc3)C(=O)Nc3ccccc32)cc1. The number of carbonyl (C=O) groups is 1. The number of phenols is 1. The summed E-state index contributed by atoms with van der Waals surface area (Å²) in [6, 6.07) is 22.7. The van der Waals surface area contributed by atoms with E-state index in [1.165, 1.54) is 0 Å². The van der Waals surface area contributed by atoms with E-state index in [0.29, 0.717) is 0 Å². The van der Waals surface area contributed by atoms with Crippen LogP contribution in [0.3, 0.4) is 0 Å². The van der Waals surface area contributed by atoms with Crippen molar-refractivity contribution in [3.05, 3.63) is 89.5 Å². The molecule has 3 aromatic carbocycles. The molecule has 1 amide bonds. The molecule has 0 radical (unpaired) electrons. The largest absolute Gasteiger partial charge is 0.508 e. The van der Waals surface area contributed by atoms with Gasteiger partial charge in [0, 0.05) is 31.0 Å². The molecular formula is C22H20N2O2. The van der Waals surface area contributed by atoms with Crippen molar-refractivity contribution in [3.8, 4) is 5.75 Å². The van der Waals surface area contributed by atoms with Crippen molar-refractivity contribution in [1.82, 2.24) is 0 Å². The smallest absolute Gasteiger partial charge is 0.244 e. The van der Waals surface area contributed by atoms with E-state index >= 15 is 0 Å². The van der Waals surface area contributed by atoms with E-state index in [2.05, 4.69) is 5.32 Å². The molecule has 0 bridgehead atoms. The second kappa shape index (κ2) is 5.92. The van der Waals surface area contributed by atoms with E-state index < -0.39 is 5.41 Å². The van der Waals surface area contributed by atoms with Crippen LogP contribution in [-0.4, -0.2) is 25.1 Å². The predicted molar refractivity (Wildman–Crippen MR) is 104 cm³/mol. The molecular weight excluding hydrogens is 324 g/mol. The maximum atomic E-state index is 13.3. The third kappa shape index (κ3) is 2.26. The third-order valence-corrected chi connectivity index (χ3v) is 5.04. The van der Waals surface area contributed by atoms with Crippen molar-refractivity contribution >= 4 is 17.3 Å². The lowest BCUT2D eigenvalue weighted by Gasteiger charge is -2.29. The van der Waals surface area contributed by atoms with Crippen molar-refractivity contribution in [2.24, 2.45) is 0 Å². The summed E-state index contributed by atoms with van der Waals surface area (Å²) in [5, 5.41) is 12.7. The number of hydrogen-bond donors (Lipinski definition) is 2. The Balaban J connectivity index is 1.99. The molecule has 1 heterocycles. The first-order valence-electron chi connectivity index (χ1n) is 8.52. The maximum Gasteiger partial charge on any atom is 0.244 e. The summed E-state index contributed by atoms with van der Waals surface area (Å²) in [5.41, 5.74) is 3.61. The first-order chi connectivity index (χ1) is 12.5. The van der Waals surface area contributed by atoms with Gasteiger partial charge in [-0.1, -0.05) is 42.5 Å². The van der Waals surface area contributed by atoms with E-state index in [1.807, 2.05) is 79.7 Å². The maximum absolute atomic E-state index is 13.3. The Morgan fingerprint density at radius 2 is 1.42 bits per heavy atom. The van der Waals surface area contributed by atoms with Gasteiger partial charge < -0.3 is 15.3 Å². The van der Waals surface area contributed by atoms with Gasteiger partial charge >= 0.3 is 0 Å². The number of hydrogen-bond acceptors (Lipinski definition) is 3. The highest BCUT2D eigenvalue weighted by atomic mass is 16.3. The molecule has 26 heavy (non-hydrogen) atoms. The van der Waals surface area contributed by atoms with Gasteiger partial charge in [0.1, 0.15) is 11.2 Å². The van der Waals surface area contributed by atoms with Crippen LogP contribution in [0.4, 0.5) is 11.4 Å². The molecule has 0 saturated heterocycles. The molecule has 3 aromatic rings. The van der Waals surface area contributed by atoms with Crippen LogP contribution < -0.4 is 10.2 Å². The molecule has 1 atom stereocenters. The molecule has 0 saturated carbocycles. The number of carbonyl (C=O) groups excluding carboxylic acids is 1. The monoisotopic (exact) mass is 344 g/mol. The van der Waals surface area contributed by atoms with Crippen molar-refractivity contribution in [1.29, 1.82) is 0 Å². The number of para-hydroxylation sites is 1. The van der Waals surface area contributed by atoms with E-state index in [-0.39, 0.29) is 11.7 Å². The highest BCUT2D eigenvalue weighted by Crippen LogP contribution is 2.47. The Labute approximate surface area is 152 Å². The number of amides is 1. The van der Waals surface area contributed by atoms with Gasteiger partial charge in [-0.3, -0.25) is 4.79 Å². The molecule has 0 aromatic heterocycles. The Hall–Kier alpha value is -3.27. The molecule has 0 aliphatic carbocycles. The van der Waals surface area contributed by atoms with Crippen molar-refractivity contribution in [2.75, 3.05) is 24.3 Å². The van der Waals surface area contributed by atoms with Gasteiger partial charge in [0.25, 0.3) is 0 Å². The van der Waals surface area contributed by atoms with Crippen LogP contribution in [0, 0.1) is 0 Å². The summed E-state index contributed by atoms with van der Waals surface area (Å²) in [5.74, 6) is 0.0977. The van der Waals surface area contributed by atoms with Gasteiger partial charge in [-0.25, -0.2) is 0 Å². The zero-order chi connectivity index (χ0) is 18.3. The molecule has 0 spiro atoms. The molecule has 4 nitrogen and oxygen atoms in total. The quantitative estimate of drug-likeness (QED) is 0.761. The van der Waals surface area contributed by atoms with Gasteiger partial charge in [0.15, 0.2) is 0 Å². The minimum absolute atomic E-state index is 0.0815. The normalized spacial score (nSPS) is 18.3. The Morgan fingerprint density at radius 3 is 2.04 bits per heavy atom.